The second kappa shape index (κ2) is 8.69. The Morgan fingerprint density at radius 3 is 2.58 bits per heavy atom. The molecule has 1 aliphatic rings. The maximum atomic E-state index is 12.6. The average Bonchev–Trinajstić information content (AvgIpc) is 3.33. The first-order valence-electron chi connectivity index (χ1n) is 10.2. The lowest BCUT2D eigenvalue weighted by Crippen LogP contribution is -2.31. The Bertz CT molecular complexity index is 1130. The number of hydrogen-bond donors (Lipinski definition) is 2. The molecule has 2 aromatic carbocycles. The summed E-state index contributed by atoms with van der Waals surface area (Å²) in [6, 6.07) is 11.5. The van der Waals surface area contributed by atoms with Gasteiger partial charge in [0.15, 0.2) is 4.47 Å². The number of amides is 2. The van der Waals surface area contributed by atoms with Gasteiger partial charge in [0.25, 0.3) is 0 Å². The molecule has 8 heteroatoms. The van der Waals surface area contributed by atoms with E-state index in [4.69, 9.17) is 23.2 Å². The van der Waals surface area contributed by atoms with Crippen molar-refractivity contribution >= 4 is 63.4 Å². The zero-order valence-electron chi connectivity index (χ0n) is 17.6. The predicted octanol–water partition coefficient (Wildman–Crippen LogP) is 7.61. The van der Waals surface area contributed by atoms with E-state index < -0.39 is 0 Å². The molecule has 0 unspecified atom stereocenters. The van der Waals surface area contributed by atoms with E-state index in [2.05, 4.69) is 47.4 Å². The van der Waals surface area contributed by atoms with E-state index >= 15 is 0 Å². The van der Waals surface area contributed by atoms with Gasteiger partial charge in [-0.25, -0.2) is 9.78 Å². The molecule has 31 heavy (non-hydrogen) atoms. The molecule has 162 valence electrons. The number of carbonyl (C=O) groups excluding carboxylic acids is 1. The lowest BCUT2D eigenvalue weighted by molar-refractivity contribution is 0.262. The quantitative estimate of drug-likeness (QED) is 0.399. The zero-order valence-corrected chi connectivity index (χ0v) is 20.0. The zero-order chi connectivity index (χ0) is 22.2. The van der Waals surface area contributed by atoms with Crippen molar-refractivity contribution in [1.29, 1.82) is 0 Å². The van der Waals surface area contributed by atoms with Crippen molar-refractivity contribution in [3.8, 4) is 0 Å². The summed E-state index contributed by atoms with van der Waals surface area (Å²) in [5.74, 6) is 0.426. The predicted molar refractivity (Wildman–Crippen MR) is 132 cm³/mol. The second-order valence-electron chi connectivity index (χ2n) is 7.74. The lowest BCUT2D eigenvalue weighted by atomic mass is 9.77. The van der Waals surface area contributed by atoms with Gasteiger partial charge in [-0.3, -0.25) is 5.32 Å². The number of aryl methyl sites for hydroxylation is 1. The van der Waals surface area contributed by atoms with Gasteiger partial charge < -0.3 is 10.2 Å². The molecule has 1 aromatic heterocycles. The number of anilines is 4. The van der Waals surface area contributed by atoms with Crippen LogP contribution in [0.15, 0.2) is 41.8 Å². The highest BCUT2D eigenvalue weighted by Gasteiger charge is 2.43. The second-order valence-corrected chi connectivity index (χ2v) is 9.59. The van der Waals surface area contributed by atoms with E-state index in [1.165, 1.54) is 22.5 Å². The fraction of sp³-hybridized carbons (Fsp3) is 0.304. The number of aromatic nitrogens is 1. The maximum absolute atomic E-state index is 12.6. The third kappa shape index (κ3) is 4.00. The lowest BCUT2D eigenvalue weighted by Gasteiger charge is -2.29. The van der Waals surface area contributed by atoms with Crippen LogP contribution in [0.25, 0.3) is 0 Å². The summed E-state index contributed by atoms with van der Waals surface area (Å²) in [6.07, 6.45) is 1.97. The van der Waals surface area contributed by atoms with Gasteiger partial charge in [-0.05, 0) is 43.5 Å². The number of rotatable bonds is 5. The standard InChI is InChI=1S/C23H24Cl2N4OS/c1-4-23(5-2)13-29(20-14(3)10-11-15(24)19(20)23)17-9-7-6-8-16(17)26-22(30)28-18-12-31-21(25)27-18/h6-12H,4-5,13H2,1-3H3,(H2,26,28,30). The van der Waals surface area contributed by atoms with Crippen molar-refractivity contribution in [2.45, 2.75) is 39.0 Å². The van der Waals surface area contributed by atoms with Crippen LogP contribution in [0.1, 0.15) is 37.8 Å². The number of nitrogens with zero attached hydrogens (tertiary/aromatic N) is 2. The third-order valence-electron chi connectivity index (χ3n) is 6.10. The fourth-order valence-electron chi connectivity index (χ4n) is 4.41. The molecule has 2 amide bonds. The molecule has 0 saturated carbocycles. The van der Waals surface area contributed by atoms with Crippen LogP contribution >= 0.6 is 34.5 Å². The number of para-hydroxylation sites is 2. The maximum Gasteiger partial charge on any atom is 0.324 e. The molecule has 0 fully saturated rings. The molecule has 5 nitrogen and oxygen atoms in total. The summed E-state index contributed by atoms with van der Waals surface area (Å²) in [6.45, 7) is 7.35. The summed E-state index contributed by atoms with van der Waals surface area (Å²) in [4.78, 5) is 19.0. The van der Waals surface area contributed by atoms with Crippen molar-refractivity contribution in [2.75, 3.05) is 22.1 Å². The molecular formula is C23H24Cl2N4OS. The summed E-state index contributed by atoms with van der Waals surface area (Å²) in [5.41, 5.74) is 5.12. The first kappa shape index (κ1) is 21.9. The van der Waals surface area contributed by atoms with Crippen LogP contribution in [0.2, 0.25) is 9.49 Å². The highest BCUT2D eigenvalue weighted by atomic mass is 35.5. The summed E-state index contributed by atoms with van der Waals surface area (Å²) < 4.78 is 0.382. The summed E-state index contributed by atoms with van der Waals surface area (Å²) in [7, 11) is 0. The van der Waals surface area contributed by atoms with Crippen LogP contribution < -0.4 is 15.5 Å². The van der Waals surface area contributed by atoms with Crippen molar-refractivity contribution in [3.05, 3.63) is 62.4 Å². The van der Waals surface area contributed by atoms with Gasteiger partial charge in [-0.2, -0.15) is 0 Å². The van der Waals surface area contributed by atoms with Gasteiger partial charge in [0, 0.05) is 33.6 Å². The van der Waals surface area contributed by atoms with Crippen molar-refractivity contribution in [3.63, 3.8) is 0 Å². The molecule has 2 N–H and O–H groups in total. The molecule has 4 rings (SSSR count). The molecule has 0 atom stereocenters. The molecule has 0 aliphatic carbocycles. The molecule has 1 aliphatic heterocycles. The van der Waals surface area contributed by atoms with E-state index in [-0.39, 0.29) is 11.4 Å². The largest absolute Gasteiger partial charge is 0.338 e. The van der Waals surface area contributed by atoms with E-state index in [0.29, 0.717) is 10.3 Å². The Kier molecular flexibility index (Phi) is 6.15. The SMILES string of the molecule is CCC1(CC)CN(c2ccccc2NC(=O)Nc2csc(Cl)n2)c2c(C)ccc(Cl)c21. The molecule has 0 bridgehead atoms. The smallest absolute Gasteiger partial charge is 0.324 e. The summed E-state index contributed by atoms with van der Waals surface area (Å²) >= 11 is 13.9. The molecule has 0 radical (unpaired) electrons. The number of hydrogen-bond acceptors (Lipinski definition) is 4. The minimum absolute atomic E-state index is 0.0366. The van der Waals surface area contributed by atoms with Crippen LogP contribution in [0.3, 0.4) is 0 Å². The molecule has 0 saturated heterocycles. The Morgan fingerprint density at radius 1 is 1.16 bits per heavy atom. The number of benzene rings is 2. The van der Waals surface area contributed by atoms with Gasteiger partial charge >= 0.3 is 6.03 Å². The van der Waals surface area contributed by atoms with Gasteiger partial charge in [-0.1, -0.05) is 55.2 Å². The topological polar surface area (TPSA) is 57.3 Å². The molecule has 2 heterocycles. The average molecular weight is 475 g/mol. The van der Waals surface area contributed by atoms with Gasteiger partial charge in [0.05, 0.1) is 11.4 Å². The van der Waals surface area contributed by atoms with Crippen LogP contribution in [-0.2, 0) is 5.41 Å². The van der Waals surface area contributed by atoms with Gasteiger partial charge in [0.1, 0.15) is 5.82 Å². The fourth-order valence-corrected chi connectivity index (χ4v) is 5.46. The number of carbonyl (C=O) groups is 1. The van der Waals surface area contributed by atoms with Crippen molar-refractivity contribution in [2.24, 2.45) is 0 Å². The van der Waals surface area contributed by atoms with Crippen molar-refractivity contribution in [1.82, 2.24) is 4.98 Å². The molecule has 3 aromatic rings. The van der Waals surface area contributed by atoms with Crippen LogP contribution in [0.4, 0.5) is 27.7 Å². The number of thiazole rings is 1. The number of nitrogens with one attached hydrogen (secondary N) is 2. The highest BCUT2D eigenvalue weighted by Crippen LogP contribution is 2.53. The molecular weight excluding hydrogens is 451 g/mol. The minimum atomic E-state index is -0.367. The van der Waals surface area contributed by atoms with Crippen LogP contribution in [-0.4, -0.2) is 17.6 Å². The monoisotopic (exact) mass is 474 g/mol. The first-order chi connectivity index (χ1) is 14.9. The minimum Gasteiger partial charge on any atom is -0.338 e. The highest BCUT2D eigenvalue weighted by molar-refractivity contribution is 7.14. The van der Waals surface area contributed by atoms with Gasteiger partial charge in [-0.15, -0.1) is 11.3 Å². The van der Waals surface area contributed by atoms with Crippen molar-refractivity contribution < 1.29 is 4.79 Å². The van der Waals surface area contributed by atoms with Gasteiger partial charge in [0.2, 0.25) is 0 Å². The normalized spacial score (nSPS) is 14.4. The Balaban J connectivity index is 1.72. The summed E-state index contributed by atoms with van der Waals surface area (Å²) in [5, 5.41) is 8.21. The number of fused-ring (bicyclic) bond motifs is 1. The Labute approximate surface area is 196 Å². The number of urea groups is 1. The third-order valence-corrected chi connectivity index (χ3v) is 7.40. The van der Waals surface area contributed by atoms with E-state index in [1.807, 2.05) is 30.3 Å². The van der Waals surface area contributed by atoms with E-state index in [1.54, 1.807) is 5.38 Å². The Morgan fingerprint density at radius 2 is 1.90 bits per heavy atom. The Hall–Kier alpha value is -2.28. The van der Waals surface area contributed by atoms with E-state index in [0.717, 1.165) is 41.5 Å². The van der Waals surface area contributed by atoms with Crippen LogP contribution in [0, 0.1) is 6.92 Å². The van der Waals surface area contributed by atoms with Crippen LogP contribution in [0.5, 0.6) is 0 Å². The molecule has 0 spiro atoms. The van der Waals surface area contributed by atoms with E-state index in [9.17, 15) is 4.79 Å². The first-order valence-corrected chi connectivity index (χ1v) is 11.9. The number of halogens is 2.